The summed E-state index contributed by atoms with van der Waals surface area (Å²) in [5.41, 5.74) is 1.19. The fraction of sp³-hybridized carbons (Fsp3) is 0.588. The number of nitrogens with one attached hydrogen (secondary N) is 1. The summed E-state index contributed by atoms with van der Waals surface area (Å²) in [6.07, 6.45) is 4.78. The number of hydrogen-bond donors (Lipinski definition) is 1. The van der Waals surface area contributed by atoms with Crippen molar-refractivity contribution in [3.05, 3.63) is 34.3 Å². The van der Waals surface area contributed by atoms with Gasteiger partial charge in [0.25, 0.3) is 0 Å². The van der Waals surface area contributed by atoms with E-state index < -0.39 is 0 Å². The maximum atomic E-state index is 12.5. The molecule has 21 heavy (non-hydrogen) atoms. The summed E-state index contributed by atoms with van der Waals surface area (Å²) in [6.45, 7) is 5.90. The number of carbonyl (C=O) groups is 1. The van der Waals surface area contributed by atoms with Crippen molar-refractivity contribution in [2.45, 2.75) is 51.6 Å². The summed E-state index contributed by atoms with van der Waals surface area (Å²) in [7, 11) is 0. The molecule has 1 heterocycles. The van der Waals surface area contributed by atoms with E-state index in [4.69, 9.17) is 0 Å². The normalized spacial score (nSPS) is 18.9. The smallest absolute Gasteiger partial charge is 0.239 e. The van der Waals surface area contributed by atoms with E-state index in [0.29, 0.717) is 0 Å². The molecule has 116 valence electrons. The summed E-state index contributed by atoms with van der Waals surface area (Å²) in [5.74, 6) is 0.235. The molecule has 0 radical (unpaired) electrons. The highest BCUT2D eigenvalue weighted by atomic mass is 79.9. The number of hydrogen-bond acceptors (Lipinski definition) is 2. The van der Waals surface area contributed by atoms with Gasteiger partial charge in [-0.25, -0.2) is 0 Å². The molecular weight excluding hydrogens is 328 g/mol. The second kappa shape index (κ2) is 7.95. The van der Waals surface area contributed by atoms with Crippen LogP contribution in [0.2, 0.25) is 0 Å². The van der Waals surface area contributed by atoms with E-state index in [1.54, 1.807) is 0 Å². The Hall–Kier alpha value is -0.870. The van der Waals surface area contributed by atoms with Crippen molar-refractivity contribution in [3.63, 3.8) is 0 Å². The molecule has 2 atom stereocenters. The quantitative estimate of drug-likeness (QED) is 0.891. The molecule has 1 fully saturated rings. The molecule has 1 unspecified atom stereocenters. The minimum atomic E-state index is -0.142. The van der Waals surface area contributed by atoms with Gasteiger partial charge < -0.3 is 4.90 Å². The predicted molar refractivity (Wildman–Crippen MR) is 90.2 cm³/mol. The summed E-state index contributed by atoms with van der Waals surface area (Å²) >= 11 is 3.49. The van der Waals surface area contributed by atoms with Crippen molar-refractivity contribution in [2.24, 2.45) is 0 Å². The Morgan fingerprint density at radius 2 is 1.86 bits per heavy atom. The average Bonchev–Trinajstić information content (AvgIpc) is 2.75. The highest BCUT2D eigenvalue weighted by Crippen LogP contribution is 2.19. The molecule has 1 N–H and O–H groups in total. The first-order valence-corrected chi connectivity index (χ1v) is 8.67. The maximum Gasteiger partial charge on any atom is 0.239 e. The van der Waals surface area contributed by atoms with Crippen LogP contribution in [0.3, 0.4) is 0 Å². The molecule has 1 aromatic carbocycles. The van der Waals surface area contributed by atoms with E-state index in [0.717, 1.165) is 30.4 Å². The lowest BCUT2D eigenvalue weighted by Crippen LogP contribution is -2.45. The predicted octanol–water partition coefficient (Wildman–Crippen LogP) is 3.89. The van der Waals surface area contributed by atoms with Crippen molar-refractivity contribution >= 4 is 21.8 Å². The second-order valence-electron chi connectivity index (χ2n) is 5.90. The van der Waals surface area contributed by atoms with Crippen LogP contribution >= 0.6 is 15.9 Å². The van der Waals surface area contributed by atoms with Crippen LogP contribution in [0.15, 0.2) is 28.7 Å². The van der Waals surface area contributed by atoms with Crippen LogP contribution in [0, 0.1) is 0 Å². The lowest BCUT2D eigenvalue weighted by molar-refractivity contribution is -0.133. The summed E-state index contributed by atoms with van der Waals surface area (Å²) in [4.78, 5) is 14.6. The van der Waals surface area contributed by atoms with Crippen molar-refractivity contribution in [1.82, 2.24) is 10.2 Å². The number of carbonyl (C=O) groups excluding carboxylic acids is 1. The molecule has 1 aliphatic heterocycles. The van der Waals surface area contributed by atoms with Crippen LogP contribution in [0.5, 0.6) is 0 Å². The number of benzene rings is 1. The van der Waals surface area contributed by atoms with Crippen LogP contribution in [-0.4, -0.2) is 29.9 Å². The molecule has 4 heteroatoms. The first-order valence-electron chi connectivity index (χ1n) is 7.88. The van der Waals surface area contributed by atoms with Crippen LogP contribution in [0.25, 0.3) is 0 Å². The lowest BCUT2D eigenvalue weighted by atomic mass is 10.1. The SMILES string of the molecule is CC(N[C@@H](C)c1cccc(Br)c1)C(=O)N1CCCCCC1. The van der Waals surface area contributed by atoms with Crippen molar-refractivity contribution < 1.29 is 4.79 Å². The van der Waals surface area contributed by atoms with E-state index in [9.17, 15) is 4.79 Å². The van der Waals surface area contributed by atoms with Crippen LogP contribution < -0.4 is 5.32 Å². The Balaban J connectivity index is 1.93. The highest BCUT2D eigenvalue weighted by molar-refractivity contribution is 9.10. The molecule has 0 saturated carbocycles. The number of rotatable bonds is 4. The minimum absolute atomic E-state index is 0.142. The van der Waals surface area contributed by atoms with E-state index in [-0.39, 0.29) is 18.0 Å². The zero-order chi connectivity index (χ0) is 15.2. The molecular formula is C17H25BrN2O. The molecule has 1 saturated heterocycles. The lowest BCUT2D eigenvalue weighted by Gasteiger charge is -2.27. The number of likely N-dealkylation sites (tertiary alicyclic amines) is 1. The number of amides is 1. The van der Waals surface area contributed by atoms with Gasteiger partial charge in [-0.1, -0.05) is 40.9 Å². The summed E-state index contributed by atoms with van der Waals surface area (Å²) in [5, 5.41) is 3.43. The first-order chi connectivity index (χ1) is 10.1. The number of nitrogens with zero attached hydrogens (tertiary/aromatic N) is 1. The van der Waals surface area contributed by atoms with Gasteiger partial charge in [0, 0.05) is 23.6 Å². The third-order valence-corrected chi connectivity index (χ3v) is 4.63. The fourth-order valence-electron chi connectivity index (χ4n) is 2.88. The molecule has 2 rings (SSSR count). The van der Waals surface area contributed by atoms with Gasteiger partial charge in [0.1, 0.15) is 0 Å². The van der Waals surface area contributed by atoms with E-state index >= 15 is 0 Å². The Kier molecular flexibility index (Phi) is 6.24. The zero-order valence-electron chi connectivity index (χ0n) is 12.9. The third kappa shape index (κ3) is 4.82. The van der Waals surface area contributed by atoms with Gasteiger partial charge in [-0.2, -0.15) is 0 Å². The van der Waals surface area contributed by atoms with Crippen molar-refractivity contribution in [1.29, 1.82) is 0 Å². The molecule has 0 aromatic heterocycles. The van der Waals surface area contributed by atoms with Crippen molar-refractivity contribution in [3.8, 4) is 0 Å². The molecule has 1 amide bonds. The van der Waals surface area contributed by atoms with Gasteiger partial charge in [-0.15, -0.1) is 0 Å². The van der Waals surface area contributed by atoms with Gasteiger partial charge >= 0.3 is 0 Å². The van der Waals surface area contributed by atoms with Gasteiger partial charge in [-0.3, -0.25) is 10.1 Å². The monoisotopic (exact) mass is 352 g/mol. The summed E-state index contributed by atoms with van der Waals surface area (Å²) < 4.78 is 1.07. The molecule has 0 bridgehead atoms. The summed E-state index contributed by atoms with van der Waals surface area (Å²) in [6, 6.07) is 8.25. The highest BCUT2D eigenvalue weighted by Gasteiger charge is 2.22. The largest absolute Gasteiger partial charge is 0.341 e. The van der Waals surface area contributed by atoms with Crippen LogP contribution in [0.4, 0.5) is 0 Å². The van der Waals surface area contributed by atoms with E-state index in [1.807, 2.05) is 24.0 Å². The zero-order valence-corrected chi connectivity index (χ0v) is 14.5. The minimum Gasteiger partial charge on any atom is -0.341 e. The Labute approximate surface area is 136 Å². The standard InChI is InChI=1S/C17H25BrN2O/c1-13(15-8-7-9-16(18)12-15)19-14(2)17(21)20-10-5-3-4-6-11-20/h7-9,12-14,19H,3-6,10-11H2,1-2H3/t13-,14?/m0/s1. The maximum absolute atomic E-state index is 12.5. The van der Waals surface area contributed by atoms with Crippen molar-refractivity contribution in [2.75, 3.05) is 13.1 Å². The number of halogens is 1. The Morgan fingerprint density at radius 1 is 1.19 bits per heavy atom. The first kappa shape index (κ1) is 16.5. The molecule has 1 aliphatic rings. The van der Waals surface area contributed by atoms with E-state index in [2.05, 4.69) is 40.3 Å². The van der Waals surface area contributed by atoms with Crippen LogP contribution in [-0.2, 0) is 4.79 Å². The molecule has 1 aromatic rings. The molecule has 0 aliphatic carbocycles. The molecule has 3 nitrogen and oxygen atoms in total. The Morgan fingerprint density at radius 3 is 2.48 bits per heavy atom. The molecule has 0 spiro atoms. The topological polar surface area (TPSA) is 32.3 Å². The van der Waals surface area contributed by atoms with Gasteiger partial charge in [-0.05, 0) is 44.4 Å². The third-order valence-electron chi connectivity index (χ3n) is 4.14. The fourth-order valence-corrected chi connectivity index (χ4v) is 3.30. The Bertz CT molecular complexity index is 470. The van der Waals surface area contributed by atoms with E-state index in [1.165, 1.54) is 18.4 Å². The van der Waals surface area contributed by atoms with Gasteiger partial charge in [0.2, 0.25) is 5.91 Å². The average molecular weight is 353 g/mol. The van der Waals surface area contributed by atoms with Crippen LogP contribution in [0.1, 0.15) is 51.1 Å². The van der Waals surface area contributed by atoms with Gasteiger partial charge in [0.15, 0.2) is 0 Å². The van der Waals surface area contributed by atoms with Gasteiger partial charge in [0.05, 0.1) is 6.04 Å². The second-order valence-corrected chi connectivity index (χ2v) is 6.82.